The Kier molecular flexibility index (Phi) is 3.33. The summed E-state index contributed by atoms with van der Waals surface area (Å²) in [6.07, 6.45) is 2.03. The van der Waals surface area contributed by atoms with E-state index in [0.29, 0.717) is 17.1 Å². The molecule has 1 heterocycles. The Morgan fingerprint density at radius 3 is 2.55 bits per heavy atom. The molecule has 0 aliphatic heterocycles. The Bertz CT molecular complexity index is 771. The third kappa shape index (κ3) is 2.35. The van der Waals surface area contributed by atoms with Crippen LogP contribution in [0.4, 0.5) is 0 Å². The summed E-state index contributed by atoms with van der Waals surface area (Å²) in [5.41, 5.74) is 2.96. The Hall–Kier alpha value is -2.06. The number of aryl methyl sites for hydroxylation is 1. The van der Waals surface area contributed by atoms with Gasteiger partial charge >= 0.3 is 0 Å². The van der Waals surface area contributed by atoms with Crippen molar-refractivity contribution in [3.63, 3.8) is 0 Å². The molecule has 3 aromatic rings. The lowest BCUT2D eigenvalue weighted by Gasteiger charge is -2.05. The number of para-hydroxylation sites is 1. The highest BCUT2D eigenvalue weighted by molar-refractivity contribution is 6.30. The van der Waals surface area contributed by atoms with E-state index in [1.165, 1.54) is 10.9 Å². The number of Topliss-reactive ketones (excluding diaryl/α,β-unsaturated/α-hetero) is 1. The standard InChI is InChI=1S/C17H14ClNO/c1-12-10-19(16-5-3-2-4-15(12)16)11-17(20)13-6-8-14(18)9-7-13/h2-10H,11H2,1H3. The van der Waals surface area contributed by atoms with E-state index in [2.05, 4.69) is 13.0 Å². The molecule has 0 aliphatic carbocycles. The van der Waals surface area contributed by atoms with E-state index >= 15 is 0 Å². The van der Waals surface area contributed by atoms with Gasteiger partial charge in [0, 0.05) is 27.7 Å². The van der Waals surface area contributed by atoms with Gasteiger partial charge in [-0.2, -0.15) is 0 Å². The lowest BCUT2D eigenvalue weighted by atomic mass is 10.1. The molecule has 2 nitrogen and oxygen atoms in total. The van der Waals surface area contributed by atoms with E-state index in [-0.39, 0.29) is 5.78 Å². The van der Waals surface area contributed by atoms with Crippen LogP contribution in [-0.4, -0.2) is 10.4 Å². The van der Waals surface area contributed by atoms with Gasteiger partial charge in [-0.25, -0.2) is 0 Å². The summed E-state index contributed by atoms with van der Waals surface area (Å²) < 4.78 is 2.00. The molecule has 1 aromatic heterocycles. The van der Waals surface area contributed by atoms with Gasteiger partial charge in [0.15, 0.2) is 5.78 Å². The maximum atomic E-state index is 12.3. The zero-order valence-corrected chi connectivity index (χ0v) is 11.9. The van der Waals surface area contributed by atoms with Crippen LogP contribution < -0.4 is 0 Å². The minimum atomic E-state index is 0.0856. The number of hydrogen-bond acceptors (Lipinski definition) is 1. The zero-order valence-electron chi connectivity index (χ0n) is 11.1. The summed E-state index contributed by atoms with van der Waals surface area (Å²) in [6.45, 7) is 2.40. The first-order chi connectivity index (χ1) is 9.65. The van der Waals surface area contributed by atoms with Crippen LogP contribution >= 0.6 is 11.6 Å². The van der Waals surface area contributed by atoms with Crippen molar-refractivity contribution < 1.29 is 4.79 Å². The first-order valence-electron chi connectivity index (χ1n) is 6.48. The van der Waals surface area contributed by atoms with Gasteiger partial charge in [-0.15, -0.1) is 0 Å². The number of ketones is 1. The molecule has 20 heavy (non-hydrogen) atoms. The van der Waals surface area contributed by atoms with Crippen LogP contribution in [0.15, 0.2) is 54.7 Å². The van der Waals surface area contributed by atoms with Gasteiger partial charge in [-0.05, 0) is 42.8 Å². The van der Waals surface area contributed by atoms with Crippen LogP contribution in [0.2, 0.25) is 5.02 Å². The largest absolute Gasteiger partial charge is 0.339 e. The highest BCUT2D eigenvalue weighted by Gasteiger charge is 2.10. The third-order valence-electron chi connectivity index (χ3n) is 3.47. The molecule has 0 radical (unpaired) electrons. The summed E-state index contributed by atoms with van der Waals surface area (Å²) in [6, 6.07) is 15.1. The molecule has 3 heteroatoms. The van der Waals surface area contributed by atoms with E-state index in [0.717, 1.165) is 5.52 Å². The SMILES string of the molecule is Cc1cn(CC(=O)c2ccc(Cl)cc2)c2ccccc12. The van der Waals surface area contributed by atoms with Crippen molar-refractivity contribution in [3.05, 3.63) is 70.9 Å². The van der Waals surface area contributed by atoms with Crippen molar-refractivity contribution in [1.82, 2.24) is 4.57 Å². The number of nitrogens with zero attached hydrogens (tertiary/aromatic N) is 1. The van der Waals surface area contributed by atoms with Gasteiger partial charge in [-0.3, -0.25) is 4.79 Å². The molecule has 100 valence electrons. The maximum Gasteiger partial charge on any atom is 0.182 e. The normalized spacial score (nSPS) is 10.9. The molecule has 0 unspecified atom stereocenters. The predicted octanol–water partition coefficient (Wildman–Crippen LogP) is 4.49. The van der Waals surface area contributed by atoms with E-state index in [1.807, 2.05) is 29.0 Å². The minimum Gasteiger partial charge on any atom is -0.339 e. The van der Waals surface area contributed by atoms with Gasteiger partial charge in [0.05, 0.1) is 6.54 Å². The Morgan fingerprint density at radius 2 is 1.80 bits per heavy atom. The van der Waals surface area contributed by atoms with Crippen LogP contribution in [0.5, 0.6) is 0 Å². The van der Waals surface area contributed by atoms with Crippen molar-refractivity contribution in [2.75, 3.05) is 0 Å². The smallest absolute Gasteiger partial charge is 0.182 e. The highest BCUT2D eigenvalue weighted by atomic mass is 35.5. The fourth-order valence-electron chi connectivity index (χ4n) is 2.44. The second kappa shape index (κ2) is 5.14. The van der Waals surface area contributed by atoms with Crippen LogP contribution in [0, 0.1) is 6.92 Å². The van der Waals surface area contributed by atoms with E-state index in [4.69, 9.17) is 11.6 Å². The third-order valence-corrected chi connectivity index (χ3v) is 3.72. The van der Waals surface area contributed by atoms with Crippen LogP contribution in [0.25, 0.3) is 10.9 Å². The molecule has 0 saturated carbocycles. The van der Waals surface area contributed by atoms with E-state index in [1.54, 1.807) is 24.3 Å². The number of halogens is 1. The average Bonchev–Trinajstić information content (AvgIpc) is 2.77. The summed E-state index contributed by atoms with van der Waals surface area (Å²) >= 11 is 5.84. The molecule has 0 spiro atoms. The summed E-state index contributed by atoms with van der Waals surface area (Å²) in [7, 11) is 0. The Labute approximate surface area is 122 Å². The summed E-state index contributed by atoms with van der Waals surface area (Å²) in [5, 5.41) is 1.83. The first-order valence-corrected chi connectivity index (χ1v) is 6.86. The van der Waals surface area contributed by atoms with E-state index in [9.17, 15) is 4.79 Å². The lowest BCUT2D eigenvalue weighted by Crippen LogP contribution is -2.09. The number of fused-ring (bicyclic) bond motifs is 1. The highest BCUT2D eigenvalue weighted by Crippen LogP contribution is 2.21. The van der Waals surface area contributed by atoms with Gasteiger partial charge in [0.25, 0.3) is 0 Å². The second-order valence-electron chi connectivity index (χ2n) is 4.89. The maximum absolute atomic E-state index is 12.3. The van der Waals surface area contributed by atoms with Gasteiger partial charge in [-0.1, -0.05) is 29.8 Å². The molecule has 0 aliphatic rings. The van der Waals surface area contributed by atoms with Crippen LogP contribution in [0.1, 0.15) is 15.9 Å². The second-order valence-corrected chi connectivity index (χ2v) is 5.32. The Balaban J connectivity index is 1.93. The first kappa shape index (κ1) is 12.9. The predicted molar refractivity (Wildman–Crippen MR) is 82.5 cm³/mol. The monoisotopic (exact) mass is 283 g/mol. The van der Waals surface area contributed by atoms with Crippen LogP contribution in [-0.2, 0) is 6.54 Å². The van der Waals surface area contributed by atoms with Crippen molar-refractivity contribution in [2.45, 2.75) is 13.5 Å². The fourth-order valence-corrected chi connectivity index (χ4v) is 2.57. The zero-order chi connectivity index (χ0) is 14.1. The van der Waals surface area contributed by atoms with E-state index < -0.39 is 0 Å². The molecule has 0 N–H and O–H groups in total. The lowest BCUT2D eigenvalue weighted by molar-refractivity contribution is 0.0973. The number of aromatic nitrogens is 1. The van der Waals surface area contributed by atoms with Crippen LogP contribution in [0.3, 0.4) is 0 Å². The molecular formula is C17H14ClNO. The number of carbonyl (C=O) groups is 1. The molecule has 0 saturated heterocycles. The molecule has 0 fully saturated rings. The summed E-state index contributed by atoms with van der Waals surface area (Å²) in [4.78, 5) is 12.3. The van der Waals surface area contributed by atoms with Crippen molar-refractivity contribution in [3.8, 4) is 0 Å². The number of rotatable bonds is 3. The van der Waals surface area contributed by atoms with Gasteiger partial charge in [0.2, 0.25) is 0 Å². The quantitative estimate of drug-likeness (QED) is 0.649. The molecule has 0 amide bonds. The van der Waals surface area contributed by atoms with Crippen molar-refractivity contribution >= 4 is 28.3 Å². The number of carbonyl (C=O) groups excluding carboxylic acids is 1. The van der Waals surface area contributed by atoms with Crippen molar-refractivity contribution in [1.29, 1.82) is 0 Å². The van der Waals surface area contributed by atoms with Gasteiger partial charge < -0.3 is 4.57 Å². The molecule has 3 rings (SSSR count). The molecule has 0 atom stereocenters. The minimum absolute atomic E-state index is 0.0856. The van der Waals surface area contributed by atoms with Gasteiger partial charge in [0.1, 0.15) is 0 Å². The molecular weight excluding hydrogens is 270 g/mol. The van der Waals surface area contributed by atoms with Crippen molar-refractivity contribution in [2.24, 2.45) is 0 Å². The molecule has 0 bridgehead atoms. The topological polar surface area (TPSA) is 22.0 Å². The Morgan fingerprint density at radius 1 is 1.10 bits per heavy atom. The average molecular weight is 284 g/mol. The number of hydrogen-bond donors (Lipinski definition) is 0. The number of benzene rings is 2. The summed E-state index contributed by atoms with van der Waals surface area (Å²) in [5.74, 6) is 0.0856. The molecule has 2 aromatic carbocycles. The fraction of sp³-hybridized carbons (Fsp3) is 0.118.